The number of carbonyl (C=O) groups excluding carboxylic acids is 5. The van der Waals surface area contributed by atoms with Gasteiger partial charge in [0.25, 0.3) is 17.7 Å². The van der Waals surface area contributed by atoms with E-state index in [0.717, 1.165) is 93.8 Å². The molecule has 3 aromatic rings. The average Bonchev–Trinajstić information content (AvgIpc) is 3.47. The molecule has 296 valence electrons. The number of nitriles is 1. The van der Waals surface area contributed by atoms with Gasteiger partial charge in [0.2, 0.25) is 11.8 Å². The van der Waals surface area contributed by atoms with Crippen LogP contribution in [0.2, 0.25) is 5.02 Å². The van der Waals surface area contributed by atoms with Crippen LogP contribution in [0.4, 0.5) is 11.4 Å². The van der Waals surface area contributed by atoms with Crippen LogP contribution in [0.1, 0.15) is 101 Å². The normalized spacial score (nSPS) is 23.2. The maximum absolute atomic E-state index is 13.3. The second kappa shape index (κ2) is 16.6. The minimum absolute atomic E-state index is 0.0400. The van der Waals surface area contributed by atoms with Crippen LogP contribution in [0.25, 0.3) is 0 Å². The van der Waals surface area contributed by atoms with Crippen molar-refractivity contribution in [3.8, 4) is 11.8 Å². The molecule has 0 spiro atoms. The van der Waals surface area contributed by atoms with Gasteiger partial charge in [-0.2, -0.15) is 5.26 Å². The van der Waals surface area contributed by atoms with Gasteiger partial charge < -0.3 is 24.6 Å². The van der Waals surface area contributed by atoms with E-state index in [-0.39, 0.29) is 48.7 Å². The fraction of sp³-hybridized carbons (Fsp3) is 0.442. The molecule has 0 aromatic heterocycles. The van der Waals surface area contributed by atoms with Gasteiger partial charge >= 0.3 is 0 Å². The molecule has 1 saturated carbocycles. The first-order valence-corrected chi connectivity index (χ1v) is 20.3. The third-order valence-corrected chi connectivity index (χ3v) is 12.2. The van der Waals surface area contributed by atoms with Crippen LogP contribution in [-0.2, 0) is 14.3 Å². The lowest BCUT2D eigenvalue weighted by Crippen LogP contribution is -2.54. The summed E-state index contributed by atoms with van der Waals surface area (Å²) in [6, 6.07) is 19.4. The molecular weight excluding hydrogens is 748 g/mol. The van der Waals surface area contributed by atoms with Crippen molar-refractivity contribution in [2.24, 2.45) is 0 Å². The first kappa shape index (κ1) is 38.4. The van der Waals surface area contributed by atoms with Crippen LogP contribution in [0.5, 0.6) is 5.75 Å². The third-order valence-electron chi connectivity index (χ3n) is 11.9. The number of ether oxygens (including phenoxy) is 2. The Morgan fingerprint density at radius 3 is 2.00 bits per heavy atom. The molecule has 3 aromatic carbocycles. The van der Waals surface area contributed by atoms with Crippen LogP contribution in [0.15, 0.2) is 60.7 Å². The summed E-state index contributed by atoms with van der Waals surface area (Å²) in [5, 5.41) is 14.9. The number of hydrogen-bond acceptors (Lipinski definition) is 10. The number of anilines is 2. The molecule has 4 heterocycles. The van der Waals surface area contributed by atoms with Crippen molar-refractivity contribution in [3.63, 3.8) is 0 Å². The van der Waals surface area contributed by atoms with Crippen molar-refractivity contribution in [3.05, 3.63) is 87.9 Å². The van der Waals surface area contributed by atoms with Crippen LogP contribution >= 0.6 is 11.6 Å². The number of imide groups is 2. The summed E-state index contributed by atoms with van der Waals surface area (Å²) in [6.45, 7) is 3.25. The second-order valence-electron chi connectivity index (χ2n) is 15.6. The van der Waals surface area contributed by atoms with Crippen molar-refractivity contribution in [2.75, 3.05) is 36.0 Å². The van der Waals surface area contributed by atoms with E-state index in [0.29, 0.717) is 27.5 Å². The highest BCUT2D eigenvalue weighted by Crippen LogP contribution is 2.33. The molecule has 0 bridgehead atoms. The van der Waals surface area contributed by atoms with Gasteiger partial charge in [-0.15, -0.1) is 0 Å². The Hall–Kier alpha value is -5.45. The molecule has 0 radical (unpaired) electrons. The summed E-state index contributed by atoms with van der Waals surface area (Å²) in [5.74, 6) is -1.43. The maximum atomic E-state index is 13.3. The Morgan fingerprint density at radius 1 is 0.737 bits per heavy atom. The van der Waals surface area contributed by atoms with Crippen LogP contribution in [-0.4, -0.2) is 91.0 Å². The maximum Gasteiger partial charge on any atom is 0.262 e. The number of carbonyl (C=O) groups is 5. The quantitative estimate of drug-likeness (QED) is 0.269. The molecule has 5 amide bonds. The summed E-state index contributed by atoms with van der Waals surface area (Å²) < 4.78 is 12.7. The molecule has 5 aliphatic rings. The monoisotopic (exact) mass is 792 g/mol. The number of nitrogens with zero attached hydrogens (tertiary/aromatic N) is 4. The summed E-state index contributed by atoms with van der Waals surface area (Å²) in [4.78, 5) is 69.1. The minimum Gasteiger partial charge on any atom is -0.490 e. The Morgan fingerprint density at radius 2 is 1.37 bits per heavy atom. The Labute approximate surface area is 336 Å². The van der Waals surface area contributed by atoms with Crippen molar-refractivity contribution < 1.29 is 33.4 Å². The van der Waals surface area contributed by atoms with E-state index in [1.165, 1.54) is 0 Å². The zero-order chi connectivity index (χ0) is 39.6. The highest BCUT2D eigenvalue weighted by Gasteiger charge is 2.45. The van der Waals surface area contributed by atoms with E-state index >= 15 is 0 Å². The smallest absolute Gasteiger partial charge is 0.262 e. The third kappa shape index (κ3) is 8.34. The van der Waals surface area contributed by atoms with Gasteiger partial charge in [-0.3, -0.25) is 34.2 Å². The molecule has 14 heteroatoms. The minimum atomic E-state index is -0.981. The summed E-state index contributed by atoms with van der Waals surface area (Å²) in [5.41, 5.74) is 3.59. The highest BCUT2D eigenvalue weighted by molar-refractivity contribution is 6.31. The van der Waals surface area contributed by atoms with Gasteiger partial charge in [-0.25, -0.2) is 0 Å². The number of halogens is 1. The van der Waals surface area contributed by atoms with Gasteiger partial charge in [0.15, 0.2) is 0 Å². The summed E-state index contributed by atoms with van der Waals surface area (Å²) in [7, 11) is 0. The van der Waals surface area contributed by atoms with Gasteiger partial charge in [0.1, 0.15) is 17.9 Å². The van der Waals surface area contributed by atoms with E-state index in [1.54, 1.807) is 30.3 Å². The fourth-order valence-corrected chi connectivity index (χ4v) is 8.91. The van der Waals surface area contributed by atoms with Crippen LogP contribution in [0.3, 0.4) is 0 Å². The molecule has 13 nitrogen and oxygen atoms in total. The van der Waals surface area contributed by atoms with Gasteiger partial charge in [0, 0.05) is 61.6 Å². The molecule has 8 rings (SSSR count). The van der Waals surface area contributed by atoms with Gasteiger partial charge in [-0.05, 0) is 112 Å². The lowest BCUT2D eigenvalue weighted by atomic mass is 9.92. The molecule has 1 unspecified atom stereocenters. The highest BCUT2D eigenvalue weighted by atomic mass is 35.5. The molecule has 3 saturated heterocycles. The number of rotatable bonds is 9. The molecule has 1 aliphatic carbocycles. The number of benzene rings is 3. The predicted molar refractivity (Wildman–Crippen MR) is 211 cm³/mol. The SMILES string of the molecule is N#Cc1ccc(O[C@H]2CC[C@H](NC(=O)c3ccc(N4CCC(OC5CCN(c6ccc7c(c6)C(=O)N(C6CCC(=O)NC6=O)C7=O)CC5)CC4)cc3)CC2)cc1Cl. The average molecular weight is 793 g/mol. The van der Waals surface area contributed by atoms with E-state index in [9.17, 15) is 24.0 Å². The van der Waals surface area contributed by atoms with Crippen molar-refractivity contribution in [1.82, 2.24) is 15.5 Å². The second-order valence-corrected chi connectivity index (χ2v) is 16.0. The van der Waals surface area contributed by atoms with E-state index in [1.807, 2.05) is 30.3 Å². The van der Waals surface area contributed by atoms with Crippen LogP contribution in [0, 0.1) is 11.3 Å². The van der Waals surface area contributed by atoms with Crippen LogP contribution < -0.4 is 25.2 Å². The van der Waals surface area contributed by atoms with E-state index in [2.05, 4.69) is 26.5 Å². The molecule has 1 atom stereocenters. The molecule has 57 heavy (non-hydrogen) atoms. The van der Waals surface area contributed by atoms with E-state index in [4.69, 9.17) is 26.3 Å². The summed E-state index contributed by atoms with van der Waals surface area (Å²) >= 11 is 6.15. The standard InChI is InChI=1S/C43H45ClN6O7/c44-37-24-34(9-3-27(37)25-45)57-31-10-4-28(5-11-31)46-40(52)26-1-6-29(7-2-26)48-19-15-32(16-20-48)56-33-17-21-49(22-18-33)30-8-12-35-36(23-30)43(55)50(42(35)54)38-13-14-39(51)47-41(38)53/h1-3,6-9,12,23-24,28,31-33,38H,4-5,10-11,13-22H2,(H,46,52)(H,47,51,53)/t28-,31-,38?. The van der Waals surface area contributed by atoms with Crippen molar-refractivity contribution in [2.45, 2.75) is 94.6 Å². The zero-order valence-electron chi connectivity index (χ0n) is 31.6. The van der Waals surface area contributed by atoms with Crippen molar-refractivity contribution in [1.29, 1.82) is 5.26 Å². The molecular formula is C43H45ClN6O7. The Kier molecular flexibility index (Phi) is 11.2. The number of piperidine rings is 3. The number of fused-ring (bicyclic) bond motifs is 1. The van der Waals surface area contributed by atoms with E-state index < -0.39 is 29.7 Å². The topological polar surface area (TPSA) is 161 Å². The fourth-order valence-electron chi connectivity index (χ4n) is 8.70. The first-order valence-electron chi connectivity index (χ1n) is 19.9. The Balaban J connectivity index is 0.753. The zero-order valence-corrected chi connectivity index (χ0v) is 32.3. The lowest BCUT2D eigenvalue weighted by Gasteiger charge is -2.38. The predicted octanol–water partition coefficient (Wildman–Crippen LogP) is 5.39. The molecule has 4 fully saturated rings. The number of amides is 5. The molecule has 4 aliphatic heterocycles. The van der Waals surface area contributed by atoms with Gasteiger partial charge in [0.05, 0.1) is 40.0 Å². The van der Waals surface area contributed by atoms with Crippen molar-refractivity contribution >= 4 is 52.5 Å². The summed E-state index contributed by atoms with van der Waals surface area (Å²) in [6.07, 6.45) is 7.37. The largest absolute Gasteiger partial charge is 0.490 e. The van der Waals surface area contributed by atoms with Gasteiger partial charge in [-0.1, -0.05) is 11.6 Å². The number of hydrogen-bond donors (Lipinski definition) is 2. The molecule has 2 N–H and O–H groups in total. The lowest BCUT2D eigenvalue weighted by molar-refractivity contribution is -0.136. The first-order chi connectivity index (χ1) is 27.6. The number of nitrogens with one attached hydrogen (secondary N) is 2. The Bertz CT molecular complexity index is 2100.